The summed E-state index contributed by atoms with van der Waals surface area (Å²) in [5.41, 5.74) is 1.54. The third-order valence-corrected chi connectivity index (χ3v) is 4.63. The highest BCUT2D eigenvalue weighted by Gasteiger charge is 2.26. The van der Waals surface area contributed by atoms with E-state index in [1.807, 2.05) is 32.9 Å². The van der Waals surface area contributed by atoms with Gasteiger partial charge in [-0.3, -0.25) is 10.2 Å². The van der Waals surface area contributed by atoms with E-state index in [4.69, 9.17) is 9.47 Å². The van der Waals surface area contributed by atoms with Gasteiger partial charge in [-0.15, -0.1) is 0 Å². The molecule has 1 aromatic heterocycles. The second-order valence-electron chi connectivity index (χ2n) is 8.10. The number of hydrogen-bond donors (Lipinski definition) is 2. The number of amides is 1. The molecule has 0 bridgehead atoms. The molecule has 0 unspecified atom stereocenters. The number of aromatic nitrogens is 1. The number of aliphatic hydroxyl groups is 1. The highest BCUT2D eigenvalue weighted by Crippen LogP contribution is 2.29. The molecule has 2 atom stereocenters. The Kier molecular flexibility index (Phi) is 5.79. The lowest BCUT2D eigenvalue weighted by Gasteiger charge is -2.21. The van der Waals surface area contributed by atoms with Gasteiger partial charge in [-0.25, -0.2) is 9.78 Å². The molecule has 2 saturated heterocycles. The molecule has 3 rings (SSSR count). The molecule has 0 radical (unpaired) electrons. The van der Waals surface area contributed by atoms with Crippen LogP contribution in [-0.4, -0.2) is 59.1 Å². The maximum Gasteiger partial charge on any atom is 0.413 e. The van der Waals surface area contributed by atoms with E-state index in [1.165, 1.54) is 5.56 Å². The van der Waals surface area contributed by atoms with Gasteiger partial charge in [0.15, 0.2) is 0 Å². The number of pyridine rings is 1. The highest BCUT2D eigenvalue weighted by molar-refractivity contribution is 5.83. The fraction of sp³-hybridized carbons (Fsp3) is 0.684. The van der Waals surface area contributed by atoms with Gasteiger partial charge in [0.2, 0.25) is 0 Å². The third kappa shape index (κ3) is 5.16. The van der Waals surface area contributed by atoms with Crippen molar-refractivity contribution in [2.24, 2.45) is 0 Å². The highest BCUT2D eigenvalue weighted by atomic mass is 16.6. The second kappa shape index (κ2) is 7.90. The van der Waals surface area contributed by atoms with E-state index in [0.29, 0.717) is 31.4 Å². The largest absolute Gasteiger partial charge is 0.444 e. The summed E-state index contributed by atoms with van der Waals surface area (Å²) in [7, 11) is 0. The van der Waals surface area contributed by atoms with Gasteiger partial charge in [0, 0.05) is 32.2 Å². The number of ether oxygens (including phenoxy) is 2. The minimum Gasteiger partial charge on any atom is -0.444 e. The van der Waals surface area contributed by atoms with Gasteiger partial charge < -0.3 is 14.6 Å². The summed E-state index contributed by atoms with van der Waals surface area (Å²) in [5, 5.41) is 12.5. The molecular weight excluding hydrogens is 334 g/mol. The second-order valence-corrected chi connectivity index (χ2v) is 8.10. The SMILES string of the molecule is CC(C)(C)OC(=O)Nc1ccc([C@H]2CCOC2)c(CN2CC[C@H](O)C2)n1. The van der Waals surface area contributed by atoms with Crippen molar-refractivity contribution >= 4 is 11.9 Å². The fourth-order valence-corrected chi connectivity index (χ4v) is 3.44. The van der Waals surface area contributed by atoms with E-state index in [-0.39, 0.29) is 6.10 Å². The standard InChI is InChI=1S/C19H29N3O4/c1-19(2,3)26-18(24)21-17-5-4-15(13-7-9-25-12-13)16(20-17)11-22-8-6-14(23)10-22/h4-5,13-14,23H,6-12H2,1-3H3,(H,20,21,24)/t13-,14-/m0/s1. The molecule has 26 heavy (non-hydrogen) atoms. The van der Waals surface area contributed by atoms with Crippen LogP contribution in [0.25, 0.3) is 0 Å². The Balaban J connectivity index is 1.76. The summed E-state index contributed by atoms with van der Waals surface area (Å²) in [6.07, 6.45) is 0.995. The number of nitrogens with one attached hydrogen (secondary N) is 1. The van der Waals surface area contributed by atoms with E-state index >= 15 is 0 Å². The van der Waals surface area contributed by atoms with Crippen LogP contribution in [-0.2, 0) is 16.0 Å². The molecule has 0 aliphatic carbocycles. The van der Waals surface area contributed by atoms with Gasteiger partial charge in [0.1, 0.15) is 11.4 Å². The minimum atomic E-state index is -0.556. The van der Waals surface area contributed by atoms with Crippen molar-refractivity contribution in [1.29, 1.82) is 0 Å². The van der Waals surface area contributed by atoms with Crippen molar-refractivity contribution in [3.05, 3.63) is 23.4 Å². The number of nitrogens with zero attached hydrogens (tertiary/aromatic N) is 2. The first-order valence-corrected chi connectivity index (χ1v) is 9.28. The molecule has 0 spiro atoms. The maximum absolute atomic E-state index is 12.0. The number of aliphatic hydroxyl groups excluding tert-OH is 1. The molecule has 3 heterocycles. The van der Waals surface area contributed by atoms with Crippen molar-refractivity contribution in [3.8, 4) is 0 Å². The normalized spacial score (nSPS) is 24.0. The van der Waals surface area contributed by atoms with Crippen molar-refractivity contribution in [2.75, 3.05) is 31.6 Å². The van der Waals surface area contributed by atoms with Gasteiger partial charge >= 0.3 is 6.09 Å². The lowest BCUT2D eigenvalue weighted by Crippen LogP contribution is -2.28. The molecular formula is C19H29N3O4. The van der Waals surface area contributed by atoms with Crippen LogP contribution < -0.4 is 5.32 Å². The zero-order valence-electron chi connectivity index (χ0n) is 15.8. The number of hydrogen-bond acceptors (Lipinski definition) is 6. The fourth-order valence-electron chi connectivity index (χ4n) is 3.44. The van der Waals surface area contributed by atoms with E-state index in [9.17, 15) is 9.90 Å². The third-order valence-electron chi connectivity index (χ3n) is 4.63. The van der Waals surface area contributed by atoms with E-state index in [2.05, 4.69) is 15.2 Å². The number of β-amino-alcohol motifs (C(OH)–C–C–N with tert-alkyl or cyclic N) is 1. The number of carbonyl (C=O) groups excluding carboxylic acids is 1. The van der Waals surface area contributed by atoms with E-state index in [0.717, 1.165) is 31.7 Å². The summed E-state index contributed by atoms with van der Waals surface area (Å²) < 4.78 is 10.8. The number of likely N-dealkylation sites (tertiary alicyclic amines) is 1. The topological polar surface area (TPSA) is 83.9 Å². The number of carbonyl (C=O) groups is 1. The quantitative estimate of drug-likeness (QED) is 0.855. The molecule has 1 aromatic rings. The first-order chi connectivity index (χ1) is 12.3. The molecule has 7 nitrogen and oxygen atoms in total. The van der Waals surface area contributed by atoms with Crippen LogP contribution in [0.2, 0.25) is 0 Å². The van der Waals surface area contributed by atoms with Gasteiger partial charge in [-0.1, -0.05) is 6.07 Å². The van der Waals surface area contributed by atoms with Gasteiger partial charge in [0.25, 0.3) is 0 Å². The predicted molar refractivity (Wildman–Crippen MR) is 98.2 cm³/mol. The number of anilines is 1. The summed E-state index contributed by atoms with van der Waals surface area (Å²) in [4.78, 5) is 18.9. The molecule has 144 valence electrons. The monoisotopic (exact) mass is 363 g/mol. The first-order valence-electron chi connectivity index (χ1n) is 9.28. The summed E-state index contributed by atoms with van der Waals surface area (Å²) >= 11 is 0. The zero-order valence-corrected chi connectivity index (χ0v) is 15.8. The molecule has 2 N–H and O–H groups in total. The van der Waals surface area contributed by atoms with Gasteiger partial charge in [-0.05, 0) is 45.2 Å². The molecule has 2 aliphatic heterocycles. The van der Waals surface area contributed by atoms with Crippen LogP contribution in [0.1, 0.15) is 50.8 Å². The molecule has 0 saturated carbocycles. The Morgan fingerprint density at radius 3 is 2.85 bits per heavy atom. The summed E-state index contributed by atoms with van der Waals surface area (Å²) in [6.45, 7) is 9.13. The number of rotatable bonds is 4. The molecule has 2 aliphatic rings. The van der Waals surface area contributed by atoms with Gasteiger partial charge in [-0.2, -0.15) is 0 Å². The van der Waals surface area contributed by atoms with Gasteiger partial charge in [0.05, 0.1) is 18.4 Å². The Bertz CT molecular complexity index is 638. The Morgan fingerprint density at radius 2 is 2.23 bits per heavy atom. The lowest BCUT2D eigenvalue weighted by molar-refractivity contribution is 0.0635. The smallest absolute Gasteiger partial charge is 0.413 e. The van der Waals surface area contributed by atoms with Crippen LogP contribution in [0, 0.1) is 0 Å². The zero-order chi connectivity index (χ0) is 18.7. The Labute approximate surface area is 154 Å². The first kappa shape index (κ1) is 19.1. The van der Waals surface area contributed by atoms with Crippen LogP contribution in [0.5, 0.6) is 0 Å². The van der Waals surface area contributed by atoms with Crippen molar-refractivity contribution in [2.45, 2.75) is 57.8 Å². The lowest BCUT2D eigenvalue weighted by atomic mass is 9.96. The van der Waals surface area contributed by atoms with Crippen molar-refractivity contribution in [3.63, 3.8) is 0 Å². The van der Waals surface area contributed by atoms with Crippen LogP contribution in [0.15, 0.2) is 12.1 Å². The van der Waals surface area contributed by atoms with Crippen LogP contribution in [0.4, 0.5) is 10.6 Å². The molecule has 1 amide bonds. The predicted octanol–water partition coefficient (Wildman–Crippen LogP) is 2.50. The molecule has 7 heteroatoms. The molecule has 2 fully saturated rings. The van der Waals surface area contributed by atoms with Crippen molar-refractivity contribution < 1.29 is 19.4 Å². The van der Waals surface area contributed by atoms with Crippen LogP contribution >= 0.6 is 0 Å². The molecule has 0 aromatic carbocycles. The van der Waals surface area contributed by atoms with E-state index in [1.54, 1.807) is 0 Å². The average Bonchev–Trinajstić information content (AvgIpc) is 3.17. The average molecular weight is 363 g/mol. The minimum absolute atomic E-state index is 0.267. The summed E-state index contributed by atoms with van der Waals surface area (Å²) in [5.74, 6) is 0.817. The maximum atomic E-state index is 12.0. The Hall–Kier alpha value is -1.70. The summed E-state index contributed by atoms with van der Waals surface area (Å²) in [6, 6.07) is 3.85. The Morgan fingerprint density at radius 1 is 1.42 bits per heavy atom. The van der Waals surface area contributed by atoms with Crippen LogP contribution in [0.3, 0.4) is 0 Å². The van der Waals surface area contributed by atoms with Crippen molar-refractivity contribution in [1.82, 2.24) is 9.88 Å². The van der Waals surface area contributed by atoms with E-state index < -0.39 is 11.7 Å².